The third kappa shape index (κ3) is 3.66. The molecule has 2 heterocycles. The highest BCUT2D eigenvalue weighted by Crippen LogP contribution is 2.24. The Balaban J connectivity index is 1.80. The van der Waals surface area contributed by atoms with Crippen molar-refractivity contribution in [1.82, 2.24) is 9.88 Å². The number of hydrogen-bond acceptors (Lipinski definition) is 5. The van der Waals surface area contributed by atoms with Crippen molar-refractivity contribution in [3.05, 3.63) is 11.1 Å². The normalized spacial score (nSPS) is 20.9. The lowest BCUT2D eigenvalue weighted by molar-refractivity contribution is 0.250. The highest BCUT2D eigenvalue weighted by atomic mass is 32.1. The van der Waals surface area contributed by atoms with Crippen molar-refractivity contribution in [2.75, 3.05) is 31.6 Å². The van der Waals surface area contributed by atoms with Crippen molar-refractivity contribution in [2.45, 2.75) is 26.3 Å². The first-order valence-electron chi connectivity index (χ1n) is 6.33. The molecular formula is C12H21N3OS. The molecule has 0 bridgehead atoms. The van der Waals surface area contributed by atoms with Crippen molar-refractivity contribution in [3.8, 4) is 0 Å². The average molecular weight is 255 g/mol. The van der Waals surface area contributed by atoms with Gasteiger partial charge in [-0.1, -0.05) is 0 Å². The van der Waals surface area contributed by atoms with Gasteiger partial charge in [0, 0.05) is 37.3 Å². The van der Waals surface area contributed by atoms with Gasteiger partial charge in [-0.25, -0.2) is 4.98 Å². The molecule has 0 spiro atoms. The molecule has 0 amide bonds. The van der Waals surface area contributed by atoms with Crippen LogP contribution in [0, 0.1) is 5.92 Å². The van der Waals surface area contributed by atoms with Gasteiger partial charge < -0.3 is 10.4 Å². The Labute approximate surface area is 107 Å². The average Bonchev–Trinajstić information content (AvgIpc) is 2.91. The van der Waals surface area contributed by atoms with Crippen LogP contribution in [0.25, 0.3) is 0 Å². The largest absolute Gasteiger partial charge is 0.396 e. The summed E-state index contributed by atoms with van der Waals surface area (Å²) in [6.07, 6.45) is 4.14. The molecule has 0 saturated carbocycles. The zero-order chi connectivity index (χ0) is 12.1. The molecule has 1 unspecified atom stereocenters. The Morgan fingerprint density at radius 3 is 3.29 bits per heavy atom. The van der Waals surface area contributed by atoms with E-state index in [4.69, 9.17) is 5.11 Å². The minimum atomic E-state index is 0.323. The van der Waals surface area contributed by atoms with E-state index in [2.05, 4.69) is 22.1 Å². The summed E-state index contributed by atoms with van der Waals surface area (Å²) in [5.74, 6) is 0.682. The van der Waals surface area contributed by atoms with Crippen LogP contribution < -0.4 is 5.32 Å². The topological polar surface area (TPSA) is 48.4 Å². The number of thiazole rings is 1. The summed E-state index contributed by atoms with van der Waals surface area (Å²) in [4.78, 5) is 8.13. The van der Waals surface area contributed by atoms with E-state index >= 15 is 0 Å². The zero-order valence-corrected chi connectivity index (χ0v) is 11.2. The number of anilines is 1. The number of nitrogens with zero attached hydrogens (tertiary/aromatic N) is 2. The van der Waals surface area contributed by atoms with Crippen LogP contribution in [-0.2, 0) is 6.54 Å². The van der Waals surface area contributed by atoms with Gasteiger partial charge in [-0.3, -0.25) is 4.90 Å². The number of aliphatic hydroxyl groups is 1. The fourth-order valence-corrected chi connectivity index (χ4v) is 3.23. The van der Waals surface area contributed by atoms with Crippen LogP contribution in [0.1, 0.15) is 24.6 Å². The minimum Gasteiger partial charge on any atom is -0.396 e. The van der Waals surface area contributed by atoms with Crippen LogP contribution in [0.3, 0.4) is 0 Å². The Hall–Kier alpha value is -0.650. The van der Waals surface area contributed by atoms with Gasteiger partial charge in [0.2, 0.25) is 0 Å². The van der Waals surface area contributed by atoms with Crippen LogP contribution in [0.4, 0.5) is 5.13 Å². The number of aliphatic hydroxyl groups excluding tert-OH is 1. The van der Waals surface area contributed by atoms with Gasteiger partial charge in [0.05, 0.1) is 0 Å². The molecule has 0 aliphatic carbocycles. The fourth-order valence-electron chi connectivity index (χ4n) is 2.31. The predicted octanol–water partition coefficient (Wildman–Crippen LogP) is 1.78. The maximum atomic E-state index is 8.93. The van der Waals surface area contributed by atoms with Gasteiger partial charge in [0.1, 0.15) is 0 Å². The summed E-state index contributed by atoms with van der Waals surface area (Å²) in [7, 11) is 0. The molecule has 1 aromatic heterocycles. The van der Waals surface area contributed by atoms with Crippen LogP contribution in [0.5, 0.6) is 0 Å². The number of nitrogens with one attached hydrogen (secondary N) is 1. The molecule has 1 aliphatic rings. The number of rotatable bonds is 6. The maximum Gasteiger partial charge on any atom is 0.182 e. The number of hydrogen-bond donors (Lipinski definition) is 2. The van der Waals surface area contributed by atoms with Crippen LogP contribution in [0.15, 0.2) is 6.20 Å². The maximum absolute atomic E-state index is 8.93. The van der Waals surface area contributed by atoms with E-state index in [0.29, 0.717) is 12.5 Å². The first-order chi connectivity index (χ1) is 8.31. The molecule has 4 nitrogen and oxygen atoms in total. The highest BCUT2D eigenvalue weighted by Gasteiger charge is 2.22. The lowest BCUT2D eigenvalue weighted by Crippen LogP contribution is -2.19. The molecule has 1 fully saturated rings. The first kappa shape index (κ1) is 12.8. The standard InChI is InChI=1S/C12H21N3OS/c1-2-13-12-14-7-11(17-12)9-15-5-3-10(8-15)4-6-16/h7,10,16H,2-6,8-9H2,1H3,(H,13,14). The van der Waals surface area contributed by atoms with Gasteiger partial charge in [0.15, 0.2) is 5.13 Å². The predicted molar refractivity (Wildman–Crippen MR) is 71.4 cm³/mol. The van der Waals surface area contributed by atoms with Crippen LogP contribution in [-0.4, -0.2) is 41.2 Å². The van der Waals surface area contributed by atoms with E-state index in [9.17, 15) is 0 Å². The van der Waals surface area contributed by atoms with Gasteiger partial charge in [-0.2, -0.15) is 0 Å². The Morgan fingerprint density at radius 2 is 2.53 bits per heavy atom. The fraction of sp³-hybridized carbons (Fsp3) is 0.750. The second-order valence-corrected chi connectivity index (χ2v) is 5.68. The molecule has 1 aliphatic heterocycles. The minimum absolute atomic E-state index is 0.323. The Bertz CT molecular complexity index is 342. The summed E-state index contributed by atoms with van der Waals surface area (Å²) in [6, 6.07) is 0. The van der Waals surface area contributed by atoms with Crippen molar-refractivity contribution < 1.29 is 5.11 Å². The Kier molecular flexibility index (Phi) is 4.76. The molecule has 17 heavy (non-hydrogen) atoms. The molecule has 5 heteroatoms. The molecule has 2 N–H and O–H groups in total. The summed E-state index contributed by atoms with van der Waals surface area (Å²) < 4.78 is 0. The third-order valence-corrected chi connectivity index (χ3v) is 4.11. The molecule has 1 saturated heterocycles. The summed E-state index contributed by atoms with van der Waals surface area (Å²) in [5, 5.41) is 13.2. The van der Waals surface area contributed by atoms with Gasteiger partial charge in [-0.15, -0.1) is 11.3 Å². The second kappa shape index (κ2) is 6.33. The molecule has 96 valence electrons. The van der Waals surface area contributed by atoms with E-state index in [1.165, 1.54) is 11.3 Å². The summed E-state index contributed by atoms with van der Waals surface area (Å²) >= 11 is 1.75. The van der Waals surface area contributed by atoms with Gasteiger partial charge in [-0.05, 0) is 32.2 Å². The van der Waals surface area contributed by atoms with E-state index in [1.54, 1.807) is 11.3 Å². The first-order valence-corrected chi connectivity index (χ1v) is 7.15. The van der Waals surface area contributed by atoms with E-state index in [-0.39, 0.29) is 0 Å². The molecule has 0 aromatic carbocycles. The highest BCUT2D eigenvalue weighted by molar-refractivity contribution is 7.15. The summed E-state index contributed by atoms with van der Waals surface area (Å²) in [6.45, 7) is 6.61. The smallest absolute Gasteiger partial charge is 0.182 e. The Morgan fingerprint density at radius 1 is 1.65 bits per heavy atom. The van der Waals surface area contributed by atoms with Crippen LogP contribution in [0.2, 0.25) is 0 Å². The second-order valence-electron chi connectivity index (χ2n) is 4.56. The van der Waals surface area contributed by atoms with Crippen molar-refractivity contribution >= 4 is 16.5 Å². The number of aromatic nitrogens is 1. The molecule has 0 radical (unpaired) electrons. The quantitative estimate of drug-likeness (QED) is 0.813. The van der Waals surface area contributed by atoms with E-state index in [1.807, 2.05) is 6.20 Å². The molecule has 1 atom stereocenters. The number of likely N-dealkylation sites (tertiary alicyclic amines) is 1. The van der Waals surface area contributed by atoms with Crippen molar-refractivity contribution in [2.24, 2.45) is 5.92 Å². The molecular weight excluding hydrogens is 234 g/mol. The summed E-state index contributed by atoms with van der Waals surface area (Å²) in [5.41, 5.74) is 0. The van der Waals surface area contributed by atoms with E-state index in [0.717, 1.165) is 37.7 Å². The zero-order valence-electron chi connectivity index (χ0n) is 10.4. The van der Waals surface area contributed by atoms with Crippen molar-refractivity contribution in [1.29, 1.82) is 0 Å². The lowest BCUT2D eigenvalue weighted by atomic mass is 10.1. The van der Waals surface area contributed by atoms with Gasteiger partial charge in [0.25, 0.3) is 0 Å². The van der Waals surface area contributed by atoms with E-state index < -0.39 is 0 Å². The van der Waals surface area contributed by atoms with Crippen LogP contribution >= 0.6 is 11.3 Å². The lowest BCUT2D eigenvalue weighted by Gasteiger charge is -2.14. The monoisotopic (exact) mass is 255 g/mol. The molecule has 1 aromatic rings. The SMILES string of the molecule is CCNc1ncc(CN2CCC(CCO)C2)s1. The van der Waals surface area contributed by atoms with Crippen molar-refractivity contribution in [3.63, 3.8) is 0 Å². The third-order valence-electron chi connectivity index (χ3n) is 3.17. The molecule has 2 rings (SSSR count). The van der Waals surface area contributed by atoms with Gasteiger partial charge >= 0.3 is 0 Å².